The van der Waals surface area contributed by atoms with Gasteiger partial charge in [-0.05, 0) is 19.4 Å². The minimum Gasteiger partial charge on any atom is -0.311 e. The Labute approximate surface area is 102 Å². The van der Waals surface area contributed by atoms with Crippen molar-refractivity contribution in [2.24, 2.45) is 0 Å². The van der Waals surface area contributed by atoms with Crippen molar-refractivity contribution in [3.05, 3.63) is 0 Å². The fraction of sp³-hybridized carbons (Fsp3) is 1.00. The summed E-state index contributed by atoms with van der Waals surface area (Å²) >= 11 is 0. The molecule has 96 valence electrons. The molecule has 0 saturated carbocycles. The van der Waals surface area contributed by atoms with Gasteiger partial charge in [0.05, 0.1) is 0 Å². The summed E-state index contributed by atoms with van der Waals surface area (Å²) in [6.07, 6.45) is 5.39. The van der Waals surface area contributed by atoms with Crippen LogP contribution in [0.1, 0.15) is 33.1 Å². The molecule has 1 aliphatic rings. The molecule has 0 aromatic rings. The van der Waals surface area contributed by atoms with E-state index in [1.54, 1.807) is 0 Å². The maximum absolute atomic E-state index is 11.3. The summed E-state index contributed by atoms with van der Waals surface area (Å²) < 4.78 is 11.3. The zero-order chi connectivity index (χ0) is 12.0. The minimum atomic E-state index is -0.669. The van der Waals surface area contributed by atoms with Crippen LogP contribution in [0.25, 0.3) is 0 Å². The molecule has 16 heavy (non-hydrogen) atoms. The van der Waals surface area contributed by atoms with E-state index in [2.05, 4.69) is 24.1 Å². The van der Waals surface area contributed by atoms with Crippen molar-refractivity contribution in [3.63, 3.8) is 0 Å². The first-order valence-corrected chi connectivity index (χ1v) is 8.03. The van der Waals surface area contributed by atoms with Crippen molar-refractivity contribution in [2.45, 2.75) is 44.4 Å². The Morgan fingerprint density at radius 3 is 2.94 bits per heavy atom. The van der Waals surface area contributed by atoms with Gasteiger partial charge in [-0.3, -0.25) is 4.21 Å². The molecular formula is C12H26N2OS. The molecule has 1 fully saturated rings. The van der Waals surface area contributed by atoms with E-state index in [1.807, 2.05) is 6.26 Å². The average molecular weight is 246 g/mol. The largest absolute Gasteiger partial charge is 0.311 e. The van der Waals surface area contributed by atoms with Crippen LogP contribution in [0.2, 0.25) is 0 Å². The number of piperazine rings is 1. The molecule has 1 heterocycles. The molecule has 3 unspecified atom stereocenters. The Bertz CT molecular complexity index is 221. The van der Waals surface area contributed by atoms with E-state index in [0.29, 0.717) is 11.3 Å². The number of nitrogens with zero attached hydrogens (tertiary/aromatic N) is 1. The van der Waals surface area contributed by atoms with Crippen LogP contribution in [0.5, 0.6) is 0 Å². The third-order valence-corrected chi connectivity index (χ3v) is 4.76. The Morgan fingerprint density at radius 2 is 2.31 bits per heavy atom. The van der Waals surface area contributed by atoms with Gasteiger partial charge in [-0.25, -0.2) is 0 Å². The lowest BCUT2D eigenvalue weighted by Crippen LogP contribution is -2.51. The van der Waals surface area contributed by atoms with E-state index >= 15 is 0 Å². The second-order valence-electron chi connectivity index (χ2n) is 4.84. The Morgan fingerprint density at radius 1 is 1.56 bits per heavy atom. The number of rotatable bonds is 6. The molecule has 0 radical (unpaired) electrons. The maximum Gasteiger partial charge on any atom is 0.0329 e. The molecule has 0 amide bonds. The highest BCUT2D eigenvalue weighted by Gasteiger charge is 2.19. The fourth-order valence-electron chi connectivity index (χ4n) is 2.17. The van der Waals surface area contributed by atoms with Crippen LogP contribution in [0.4, 0.5) is 0 Å². The molecule has 0 aliphatic carbocycles. The van der Waals surface area contributed by atoms with Gasteiger partial charge in [0.25, 0.3) is 0 Å². The van der Waals surface area contributed by atoms with Crippen molar-refractivity contribution < 1.29 is 4.21 Å². The lowest BCUT2D eigenvalue weighted by molar-refractivity contribution is 0.192. The topological polar surface area (TPSA) is 32.3 Å². The van der Waals surface area contributed by atoms with Crippen LogP contribution in [-0.4, -0.2) is 52.8 Å². The lowest BCUT2D eigenvalue weighted by atomic mass is 10.1. The number of hydrogen-bond acceptors (Lipinski definition) is 3. The van der Waals surface area contributed by atoms with E-state index in [9.17, 15) is 4.21 Å². The summed E-state index contributed by atoms with van der Waals surface area (Å²) in [7, 11) is -0.669. The van der Waals surface area contributed by atoms with Gasteiger partial charge in [-0.15, -0.1) is 0 Å². The van der Waals surface area contributed by atoms with Crippen LogP contribution < -0.4 is 5.32 Å². The average Bonchev–Trinajstić information content (AvgIpc) is 2.26. The van der Waals surface area contributed by atoms with Gasteiger partial charge < -0.3 is 10.2 Å². The highest BCUT2D eigenvalue weighted by molar-refractivity contribution is 7.84. The maximum atomic E-state index is 11.3. The van der Waals surface area contributed by atoms with Gasteiger partial charge in [-0.1, -0.05) is 20.3 Å². The van der Waals surface area contributed by atoms with Gasteiger partial charge in [0.1, 0.15) is 0 Å². The minimum absolute atomic E-state index is 0.333. The standard InChI is InChI=1S/C12H26N2OS/c1-4-5-12-10-14(9-7-13-12)8-6-11(2)16(3)15/h11-13H,4-10H2,1-3H3. The SMILES string of the molecule is CCCC1CN(CCC(C)S(C)=O)CCN1. The van der Waals surface area contributed by atoms with E-state index < -0.39 is 10.8 Å². The summed E-state index contributed by atoms with van der Waals surface area (Å²) in [6.45, 7) is 8.84. The molecular weight excluding hydrogens is 220 g/mol. The first-order chi connectivity index (χ1) is 7.63. The first kappa shape index (κ1) is 14.1. The molecule has 1 saturated heterocycles. The molecule has 3 atom stereocenters. The molecule has 3 nitrogen and oxygen atoms in total. The molecule has 1 rings (SSSR count). The van der Waals surface area contributed by atoms with Gasteiger partial charge in [-0.2, -0.15) is 0 Å². The summed E-state index contributed by atoms with van der Waals surface area (Å²) in [5.41, 5.74) is 0. The smallest absolute Gasteiger partial charge is 0.0329 e. The van der Waals surface area contributed by atoms with Crippen molar-refractivity contribution in [1.29, 1.82) is 0 Å². The van der Waals surface area contributed by atoms with Crippen LogP contribution >= 0.6 is 0 Å². The highest BCUT2D eigenvalue weighted by Crippen LogP contribution is 2.07. The first-order valence-electron chi connectivity index (χ1n) is 6.41. The molecule has 0 bridgehead atoms. The fourth-order valence-corrected chi connectivity index (χ4v) is 2.61. The summed E-state index contributed by atoms with van der Waals surface area (Å²) in [6, 6.07) is 0.668. The van der Waals surface area contributed by atoms with Crippen molar-refractivity contribution in [2.75, 3.05) is 32.4 Å². The highest BCUT2D eigenvalue weighted by atomic mass is 32.2. The number of nitrogens with one attached hydrogen (secondary N) is 1. The quantitative estimate of drug-likeness (QED) is 0.765. The van der Waals surface area contributed by atoms with Crippen LogP contribution in [0, 0.1) is 0 Å². The molecule has 1 aliphatic heterocycles. The van der Waals surface area contributed by atoms with Crippen LogP contribution in [-0.2, 0) is 10.8 Å². The van der Waals surface area contributed by atoms with Crippen LogP contribution in [0.15, 0.2) is 0 Å². The van der Waals surface area contributed by atoms with Crippen molar-refractivity contribution in [3.8, 4) is 0 Å². The predicted molar refractivity (Wildman–Crippen MR) is 71.3 cm³/mol. The Hall–Kier alpha value is 0.0700. The predicted octanol–water partition coefficient (Wildman–Crippen LogP) is 1.22. The van der Waals surface area contributed by atoms with Crippen LogP contribution in [0.3, 0.4) is 0 Å². The van der Waals surface area contributed by atoms with Gasteiger partial charge in [0, 0.05) is 48.0 Å². The third-order valence-electron chi connectivity index (χ3n) is 3.40. The van der Waals surface area contributed by atoms with Crippen molar-refractivity contribution in [1.82, 2.24) is 10.2 Å². The second kappa shape index (κ2) is 7.41. The third kappa shape index (κ3) is 4.93. The lowest BCUT2D eigenvalue weighted by Gasteiger charge is -2.34. The molecule has 1 N–H and O–H groups in total. The summed E-state index contributed by atoms with van der Waals surface area (Å²) in [5.74, 6) is 0. The van der Waals surface area contributed by atoms with E-state index in [0.717, 1.165) is 32.6 Å². The van der Waals surface area contributed by atoms with Gasteiger partial charge in [0.2, 0.25) is 0 Å². The molecule has 0 aromatic heterocycles. The molecule has 0 spiro atoms. The van der Waals surface area contributed by atoms with Gasteiger partial charge in [0.15, 0.2) is 0 Å². The summed E-state index contributed by atoms with van der Waals surface area (Å²) in [4.78, 5) is 2.51. The van der Waals surface area contributed by atoms with E-state index in [-0.39, 0.29) is 0 Å². The molecule has 0 aromatic carbocycles. The summed E-state index contributed by atoms with van der Waals surface area (Å²) in [5, 5.41) is 3.89. The Balaban J connectivity index is 2.23. The van der Waals surface area contributed by atoms with E-state index in [1.165, 1.54) is 12.8 Å². The Kier molecular flexibility index (Phi) is 6.54. The van der Waals surface area contributed by atoms with Gasteiger partial charge >= 0.3 is 0 Å². The number of hydrogen-bond donors (Lipinski definition) is 1. The zero-order valence-electron chi connectivity index (χ0n) is 10.9. The zero-order valence-corrected chi connectivity index (χ0v) is 11.7. The van der Waals surface area contributed by atoms with E-state index in [4.69, 9.17) is 0 Å². The second-order valence-corrected chi connectivity index (χ2v) is 6.64. The molecule has 4 heteroatoms. The normalized spacial score (nSPS) is 26.6. The van der Waals surface area contributed by atoms with Crippen molar-refractivity contribution >= 4 is 10.8 Å². The monoisotopic (exact) mass is 246 g/mol.